The van der Waals surface area contributed by atoms with Gasteiger partial charge in [-0.3, -0.25) is 0 Å². The van der Waals surface area contributed by atoms with Gasteiger partial charge in [0.15, 0.2) is 0 Å². The number of carboxylic acid groups (broad SMARTS) is 1. The normalized spacial score (nSPS) is 16.9. The molecule has 0 unspecified atom stereocenters. The van der Waals surface area contributed by atoms with Crippen LogP contribution in [0.4, 0.5) is 0 Å². The van der Waals surface area contributed by atoms with Crippen molar-refractivity contribution in [2.75, 3.05) is 6.61 Å². The van der Waals surface area contributed by atoms with E-state index in [9.17, 15) is 14.7 Å². The molecule has 0 spiro atoms. The van der Waals surface area contributed by atoms with Crippen LogP contribution < -0.4 is 0 Å². The summed E-state index contributed by atoms with van der Waals surface area (Å²) in [5.74, 6) is -1.46. The smallest absolute Gasteiger partial charge is 0.338 e. The van der Waals surface area contributed by atoms with E-state index in [1.165, 1.54) is 17.2 Å². The Morgan fingerprint density at radius 1 is 0.964 bits per heavy atom. The van der Waals surface area contributed by atoms with Crippen LogP contribution >= 0.6 is 0 Å². The maximum atomic E-state index is 12.5. The monoisotopic (exact) mass is 380 g/mol. The fourth-order valence-electron chi connectivity index (χ4n) is 4.06. The van der Waals surface area contributed by atoms with Gasteiger partial charge in [-0.2, -0.15) is 0 Å². The van der Waals surface area contributed by atoms with Crippen molar-refractivity contribution in [3.8, 4) is 11.1 Å². The molecule has 0 aliphatic heterocycles. The van der Waals surface area contributed by atoms with Gasteiger partial charge in [0, 0.05) is 0 Å². The molecule has 0 radical (unpaired) electrons. The number of rotatable bonds is 4. The maximum absolute atomic E-state index is 12.5. The van der Waals surface area contributed by atoms with Gasteiger partial charge in [0.1, 0.15) is 0 Å². The Morgan fingerprint density at radius 2 is 1.61 bits per heavy atom. The number of esters is 1. The third-order valence-electron chi connectivity index (χ3n) is 5.93. The molecular formula is C24H28O4. The molecule has 0 atom stereocenters. The fourth-order valence-corrected chi connectivity index (χ4v) is 4.06. The molecule has 28 heavy (non-hydrogen) atoms. The fraction of sp³-hybridized carbons (Fsp3) is 0.417. The van der Waals surface area contributed by atoms with Crippen molar-refractivity contribution in [1.29, 1.82) is 0 Å². The van der Waals surface area contributed by atoms with E-state index < -0.39 is 11.9 Å². The van der Waals surface area contributed by atoms with Gasteiger partial charge in [0.2, 0.25) is 0 Å². The molecule has 4 nitrogen and oxygen atoms in total. The first kappa shape index (κ1) is 20.1. The Balaban J connectivity index is 2.22. The van der Waals surface area contributed by atoms with Gasteiger partial charge < -0.3 is 9.84 Å². The molecule has 1 aliphatic rings. The number of carbonyl (C=O) groups excluding carboxylic acids is 1. The van der Waals surface area contributed by atoms with Crippen molar-refractivity contribution < 1.29 is 19.4 Å². The second kappa shape index (κ2) is 7.08. The first-order valence-corrected chi connectivity index (χ1v) is 9.76. The zero-order valence-electron chi connectivity index (χ0n) is 17.3. The van der Waals surface area contributed by atoms with Gasteiger partial charge in [-0.25, -0.2) is 9.59 Å². The molecule has 2 aromatic rings. The highest BCUT2D eigenvalue weighted by atomic mass is 16.5. The Kier molecular flexibility index (Phi) is 5.09. The number of benzene rings is 2. The molecular weight excluding hydrogens is 352 g/mol. The number of hydrogen-bond donors (Lipinski definition) is 1. The predicted octanol–water partition coefficient (Wildman–Crippen LogP) is 5.58. The molecule has 1 aliphatic carbocycles. The minimum Gasteiger partial charge on any atom is -0.478 e. The maximum Gasteiger partial charge on any atom is 0.338 e. The topological polar surface area (TPSA) is 63.6 Å². The van der Waals surface area contributed by atoms with Gasteiger partial charge >= 0.3 is 11.9 Å². The number of carbonyl (C=O) groups is 2. The van der Waals surface area contributed by atoms with E-state index in [-0.39, 0.29) is 23.0 Å². The quantitative estimate of drug-likeness (QED) is 0.704. The van der Waals surface area contributed by atoms with Crippen LogP contribution in [0.25, 0.3) is 11.1 Å². The number of carboxylic acids is 1. The molecule has 0 bridgehead atoms. The largest absolute Gasteiger partial charge is 0.478 e. The van der Waals surface area contributed by atoms with Crippen LogP contribution in [-0.4, -0.2) is 23.7 Å². The zero-order chi connectivity index (χ0) is 20.7. The lowest BCUT2D eigenvalue weighted by molar-refractivity contribution is 0.0526. The SMILES string of the molecule is CCOC(=O)c1ccc(C(=O)O)cc1-c1ccc2c(c1)C(C)(C)CCC2(C)C. The van der Waals surface area contributed by atoms with Gasteiger partial charge in [0.25, 0.3) is 0 Å². The summed E-state index contributed by atoms with van der Waals surface area (Å²) in [6.07, 6.45) is 2.20. The lowest BCUT2D eigenvalue weighted by Crippen LogP contribution is -2.33. The van der Waals surface area contributed by atoms with Crippen molar-refractivity contribution in [2.45, 2.75) is 58.3 Å². The van der Waals surface area contributed by atoms with E-state index in [0.717, 1.165) is 18.4 Å². The Labute approximate surface area is 166 Å². The third-order valence-corrected chi connectivity index (χ3v) is 5.93. The van der Waals surface area contributed by atoms with E-state index >= 15 is 0 Å². The van der Waals surface area contributed by atoms with Crippen LogP contribution in [0, 0.1) is 0 Å². The summed E-state index contributed by atoms with van der Waals surface area (Å²) in [6.45, 7) is 11.0. The first-order chi connectivity index (χ1) is 13.1. The van der Waals surface area contributed by atoms with Crippen molar-refractivity contribution >= 4 is 11.9 Å². The van der Waals surface area contributed by atoms with E-state index in [0.29, 0.717) is 11.1 Å². The third kappa shape index (κ3) is 3.56. The summed E-state index contributed by atoms with van der Waals surface area (Å²) in [6, 6.07) is 10.8. The van der Waals surface area contributed by atoms with Crippen LogP contribution in [0.3, 0.4) is 0 Å². The van der Waals surface area contributed by atoms with Crippen molar-refractivity contribution in [3.63, 3.8) is 0 Å². The van der Waals surface area contributed by atoms with E-state index in [1.807, 2.05) is 6.07 Å². The average molecular weight is 380 g/mol. The average Bonchev–Trinajstić information content (AvgIpc) is 2.65. The lowest BCUT2D eigenvalue weighted by atomic mass is 9.63. The summed E-state index contributed by atoms with van der Waals surface area (Å²) in [4.78, 5) is 24.0. The first-order valence-electron chi connectivity index (χ1n) is 9.76. The van der Waals surface area contributed by atoms with Crippen LogP contribution in [0.2, 0.25) is 0 Å². The molecule has 0 amide bonds. The lowest BCUT2D eigenvalue weighted by Gasteiger charge is -2.42. The number of ether oxygens (including phenoxy) is 1. The molecule has 4 heteroatoms. The highest BCUT2D eigenvalue weighted by molar-refractivity contribution is 6.00. The van der Waals surface area contributed by atoms with Gasteiger partial charge in [0.05, 0.1) is 17.7 Å². The summed E-state index contributed by atoms with van der Waals surface area (Å²) in [5.41, 5.74) is 4.68. The molecule has 1 N–H and O–H groups in total. The standard InChI is InChI=1S/C24H28O4/c1-6-28-22(27)17-9-7-16(21(25)26)13-18(17)15-8-10-19-20(14-15)24(4,5)12-11-23(19,2)3/h7-10,13-14H,6,11-12H2,1-5H3,(H,25,26). The van der Waals surface area contributed by atoms with Crippen LogP contribution in [-0.2, 0) is 15.6 Å². The highest BCUT2D eigenvalue weighted by Crippen LogP contribution is 2.47. The molecule has 0 fully saturated rings. The van der Waals surface area contributed by atoms with Gasteiger partial charge in [-0.15, -0.1) is 0 Å². The minimum atomic E-state index is -1.02. The molecule has 3 rings (SSSR count). The van der Waals surface area contributed by atoms with Crippen LogP contribution in [0.1, 0.15) is 79.3 Å². The number of aromatic carboxylic acids is 1. The number of hydrogen-bond acceptors (Lipinski definition) is 3. The minimum absolute atomic E-state index is 0.0232. The Hall–Kier alpha value is -2.62. The molecule has 0 aromatic heterocycles. The van der Waals surface area contributed by atoms with Gasteiger partial charge in [-0.05, 0) is 71.0 Å². The Bertz CT molecular complexity index is 938. The summed E-state index contributed by atoms with van der Waals surface area (Å²) < 4.78 is 5.19. The molecule has 0 heterocycles. The number of fused-ring (bicyclic) bond motifs is 1. The van der Waals surface area contributed by atoms with E-state index in [1.54, 1.807) is 19.1 Å². The second-order valence-electron chi connectivity index (χ2n) is 8.81. The summed E-state index contributed by atoms with van der Waals surface area (Å²) >= 11 is 0. The molecule has 0 saturated carbocycles. The van der Waals surface area contributed by atoms with Crippen molar-refractivity contribution in [1.82, 2.24) is 0 Å². The Morgan fingerprint density at radius 3 is 2.21 bits per heavy atom. The van der Waals surface area contributed by atoms with Crippen LogP contribution in [0.5, 0.6) is 0 Å². The van der Waals surface area contributed by atoms with Crippen LogP contribution in [0.15, 0.2) is 36.4 Å². The zero-order valence-corrected chi connectivity index (χ0v) is 17.3. The van der Waals surface area contributed by atoms with Gasteiger partial charge in [-0.1, -0.05) is 45.9 Å². The van der Waals surface area contributed by atoms with E-state index in [2.05, 4.69) is 39.8 Å². The second-order valence-corrected chi connectivity index (χ2v) is 8.81. The molecule has 0 saturated heterocycles. The molecule has 2 aromatic carbocycles. The highest BCUT2D eigenvalue weighted by Gasteiger charge is 2.37. The summed E-state index contributed by atoms with van der Waals surface area (Å²) in [7, 11) is 0. The van der Waals surface area contributed by atoms with Crippen molar-refractivity contribution in [3.05, 3.63) is 58.7 Å². The summed E-state index contributed by atoms with van der Waals surface area (Å²) in [5, 5.41) is 9.42. The van der Waals surface area contributed by atoms with E-state index in [4.69, 9.17) is 4.74 Å². The molecule has 148 valence electrons. The van der Waals surface area contributed by atoms with Crippen molar-refractivity contribution in [2.24, 2.45) is 0 Å². The predicted molar refractivity (Wildman–Crippen MR) is 110 cm³/mol.